The van der Waals surface area contributed by atoms with Crippen molar-refractivity contribution in [2.75, 3.05) is 52.4 Å². The maximum atomic E-state index is 12.5. The van der Waals surface area contributed by atoms with Gasteiger partial charge >= 0.3 is 11.9 Å². The highest BCUT2D eigenvalue weighted by atomic mass is 16.4. The maximum Gasteiger partial charge on any atom is 0.317 e. The number of aromatic hydroxyl groups is 2. The predicted octanol–water partition coefficient (Wildman–Crippen LogP) is -2.57. The number of nitrogens with zero attached hydrogens (tertiary/aromatic N) is 4. The van der Waals surface area contributed by atoms with Crippen molar-refractivity contribution in [1.82, 2.24) is 29.6 Å². The Labute approximate surface area is 227 Å². The number of aromatic nitrogens is 2. The molecule has 0 fully saturated rings. The van der Waals surface area contributed by atoms with Crippen LogP contribution in [0.4, 0.5) is 0 Å². The highest BCUT2D eigenvalue weighted by Crippen LogP contribution is 2.10. The van der Waals surface area contributed by atoms with Crippen LogP contribution >= 0.6 is 0 Å². The molecule has 16 nitrogen and oxygen atoms in total. The molecule has 0 unspecified atom stereocenters. The molecule has 16 heteroatoms. The third kappa shape index (κ3) is 8.95. The summed E-state index contributed by atoms with van der Waals surface area (Å²) < 4.78 is 2.21. The van der Waals surface area contributed by atoms with E-state index in [0.717, 1.165) is 9.13 Å². The van der Waals surface area contributed by atoms with Gasteiger partial charge in [0.15, 0.2) is 11.5 Å². The number of rotatable bonds is 15. The molecule has 0 bridgehead atoms. The van der Waals surface area contributed by atoms with E-state index in [1.54, 1.807) is 4.90 Å². The van der Waals surface area contributed by atoms with Crippen LogP contribution in [0.25, 0.3) is 0 Å². The average Bonchev–Trinajstić information content (AvgIpc) is 2.87. The summed E-state index contributed by atoms with van der Waals surface area (Å²) in [6.45, 7) is -0.470. The van der Waals surface area contributed by atoms with Gasteiger partial charge in [-0.1, -0.05) is 0 Å². The molecule has 0 aliphatic carbocycles. The van der Waals surface area contributed by atoms with Gasteiger partial charge in [0, 0.05) is 65.8 Å². The standard InChI is InChI=1S/C24H32N6O10/c1-27-7-3-15(19(35)23(27)39)21(37)25-5-9-29(11-12-30(13-17(31)32)14-18(33)34)10-6-26-22(38)16-4-8-28(2)24(40)20(16)36/h3-4,7-8,35-36H,5-6,9-14H2,1-2H3,(H,25,37)(H,26,38)(H,31,32)(H,33,34). The third-order valence-electron chi connectivity index (χ3n) is 5.85. The minimum absolute atomic E-state index is 0.0226. The Kier molecular flexibility index (Phi) is 11.4. The number of aryl methyl sites for hydroxylation is 2. The van der Waals surface area contributed by atoms with Crippen LogP contribution in [0.2, 0.25) is 0 Å². The lowest BCUT2D eigenvalue weighted by atomic mass is 10.2. The molecule has 2 rings (SSSR count). The summed E-state index contributed by atoms with van der Waals surface area (Å²) in [4.78, 5) is 73.8. The monoisotopic (exact) mass is 564 g/mol. The number of nitrogens with one attached hydrogen (secondary N) is 2. The summed E-state index contributed by atoms with van der Waals surface area (Å²) in [5.41, 5.74) is -1.93. The topological polar surface area (TPSA) is 224 Å². The molecule has 2 aromatic rings. The minimum Gasteiger partial charge on any atom is -0.502 e. The Morgan fingerprint density at radius 2 is 1.07 bits per heavy atom. The van der Waals surface area contributed by atoms with Crippen molar-refractivity contribution in [1.29, 1.82) is 0 Å². The second kappa shape index (κ2) is 14.5. The van der Waals surface area contributed by atoms with E-state index in [0.29, 0.717) is 0 Å². The molecule has 0 saturated heterocycles. The molecule has 0 radical (unpaired) electrons. The van der Waals surface area contributed by atoms with Gasteiger partial charge in [0.2, 0.25) is 0 Å². The fourth-order valence-electron chi connectivity index (χ4n) is 3.66. The first kappa shape index (κ1) is 31.5. The summed E-state index contributed by atoms with van der Waals surface area (Å²) in [6, 6.07) is 2.56. The number of amides is 2. The summed E-state index contributed by atoms with van der Waals surface area (Å²) >= 11 is 0. The van der Waals surface area contributed by atoms with E-state index in [9.17, 15) is 39.0 Å². The predicted molar refractivity (Wildman–Crippen MR) is 140 cm³/mol. The van der Waals surface area contributed by atoms with Crippen LogP contribution in [-0.2, 0) is 23.7 Å². The normalized spacial score (nSPS) is 11.0. The lowest BCUT2D eigenvalue weighted by Gasteiger charge is -2.26. The molecule has 2 heterocycles. The van der Waals surface area contributed by atoms with E-state index in [-0.39, 0.29) is 50.4 Å². The SMILES string of the molecule is Cn1ccc(C(=O)NCCN(CCNC(=O)c2ccn(C)c(=O)c2O)CCN(CC(=O)O)CC(=O)O)c(O)c1=O. The Hall–Kier alpha value is -4.70. The quantitative estimate of drug-likeness (QED) is 0.131. The number of carbonyl (C=O) groups is 4. The van der Waals surface area contributed by atoms with E-state index in [2.05, 4.69) is 10.6 Å². The van der Waals surface area contributed by atoms with Gasteiger partial charge in [0.25, 0.3) is 22.9 Å². The van der Waals surface area contributed by atoms with Gasteiger partial charge in [0.1, 0.15) is 0 Å². The van der Waals surface area contributed by atoms with Gasteiger partial charge in [-0.25, -0.2) is 0 Å². The van der Waals surface area contributed by atoms with E-state index in [1.165, 1.54) is 43.5 Å². The first-order valence-electron chi connectivity index (χ1n) is 12.0. The van der Waals surface area contributed by atoms with Crippen LogP contribution in [-0.4, -0.2) is 115 Å². The van der Waals surface area contributed by atoms with Crippen LogP contribution in [0.3, 0.4) is 0 Å². The van der Waals surface area contributed by atoms with Gasteiger partial charge < -0.3 is 40.2 Å². The molecule has 0 saturated carbocycles. The van der Waals surface area contributed by atoms with Gasteiger partial charge in [-0.3, -0.25) is 38.6 Å². The van der Waals surface area contributed by atoms with Crippen LogP contribution < -0.4 is 21.8 Å². The van der Waals surface area contributed by atoms with E-state index >= 15 is 0 Å². The number of pyridine rings is 2. The fraction of sp³-hybridized carbons (Fsp3) is 0.417. The molecule has 218 valence electrons. The lowest BCUT2D eigenvalue weighted by Crippen LogP contribution is -2.45. The van der Waals surface area contributed by atoms with E-state index < -0.39 is 59.5 Å². The Morgan fingerprint density at radius 3 is 1.45 bits per heavy atom. The number of carboxylic acid groups (broad SMARTS) is 2. The van der Waals surface area contributed by atoms with Crippen molar-refractivity contribution in [3.05, 3.63) is 56.4 Å². The number of hydrogen-bond acceptors (Lipinski definition) is 10. The Morgan fingerprint density at radius 1 is 0.700 bits per heavy atom. The van der Waals surface area contributed by atoms with Crippen LogP contribution in [0.15, 0.2) is 34.1 Å². The Bertz CT molecular complexity index is 1270. The zero-order valence-electron chi connectivity index (χ0n) is 22.0. The molecule has 0 aromatic carbocycles. The largest absolute Gasteiger partial charge is 0.502 e. The zero-order chi connectivity index (χ0) is 30.0. The van der Waals surface area contributed by atoms with Gasteiger partial charge in [-0.15, -0.1) is 0 Å². The molecule has 0 spiro atoms. The molecule has 6 N–H and O–H groups in total. The number of carboxylic acids is 2. The minimum atomic E-state index is -1.21. The first-order chi connectivity index (χ1) is 18.8. The number of hydrogen-bond donors (Lipinski definition) is 6. The molecular weight excluding hydrogens is 532 g/mol. The second-order valence-electron chi connectivity index (χ2n) is 8.84. The van der Waals surface area contributed by atoms with Crippen LogP contribution in [0, 0.1) is 0 Å². The Balaban J connectivity index is 2.05. The number of carbonyl (C=O) groups excluding carboxylic acids is 2. The molecule has 0 aliphatic rings. The van der Waals surface area contributed by atoms with E-state index in [1.807, 2.05) is 0 Å². The summed E-state index contributed by atoms with van der Waals surface area (Å²) in [6.07, 6.45) is 2.65. The van der Waals surface area contributed by atoms with Crippen molar-refractivity contribution in [3.63, 3.8) is 0 Å². The van der Waals surface area contributed by atoms with Crippen molar-refractivity contribution in [2.24, 2.45) is 14.1 Å². The van der Waals surface area contributed by atoms with Crippen LogP contribution in [0.5, 0.6) is 11.5 Å². The molecule has 40 heavy (non-hydrogen) atoms. The number of aliphatic carboxylic acids is 2. The van der Waals surface area contributed by atoms with Crippen molar-refractivity contribution >= 4 is 23.8 Å². The second-order valence-corrected chi connectivity index (χ2v) is 8.84. The first-order valence-corrected chi connectivity index (χ1v) is 12.0. The molecule has 2 amide bonds. The molecule has 2 aromatic heterocycles. The van der Waals surface area contributed by atoms with Crippen molar-refractivity contribution in [3.8, 4) is 11.5 Å². The van der Waals surface area contributed by atoms with Crippen LogP contribution in [0.1, 0.15) is 20.7 Å². The highest BCUT2D eigenvalue weighted by molar-refractivity contribution is 5.97. The molecule has 0 aliphatic heterocycles. The fourth-order valence-corrected chi connectivity index (χ4v) is 3.66. The smallest absolute Gasteiger partial charge is 0.317 e. The highest BCUT2D eigenvalue weighted by Gasteiger charge is 2.18. The van der Waals surface area contributed by atoms with Gasteiger partial charge in [0.05, 0.1) is 24.2 Å². The molecule has 0 atom stereocenters. The average molecular weight is 565 g/mol. The van der Waals surface area contributed by atoms with Gasteiger partial charge in [-0.05, 0) is 12.1 Å². The third-order valence-corrected chi connectivity index (χ3v) is 5.85. The van der Waals surface area contributed by atoms with Crippen molar-refractivity contribution in [2.45, 2.75) is 0 Å². The zero-order valence-corrected chi connectivity index (χ0v) is 22.0. The van der Waals surface area contributed by atoms with Gasteiger partial charge in [-0.2, -0.15) is 0 Å². The van der Waals surface area contributed by atoms with E-state index in [4.69, 9.17) is 10.2 Å². The van der Waals surface area contributed by atoms with Crippen molar-refractivity contribution < 1.29 is 39.6 Å². The summed E-state index contributed by atoms with van der Waals surface area (Å²) in [7, 11) is 2.83. The lowest BCUT2D eigenvalue weighted by molar-refractivity contribution is -0.141. The maximum absolute atomic E-state index is 12.5. The summed E-state index contributed by atoms with van der Waals surface area (Å²) in [5, 5.41) is 43.2. The summed E-state index contributed by atoms with van der Waals surface area (Å²) in [5.74, 6) is -5.26. The molecular formula is C24H32N6O10.